The molecule has 0 bridgehead atoms. The van der Waals surface area contributed by atoms with Crippen molar-refractivity contribution in [1.82, 2.24) is 4.72 Å². The van der Waals surface area contributed by atoms with Crippen LogP contribution >= 0.6 is 0 Å². The summed E-state index contributed by atoms with van der Waals surface area (Å²) < 4.78 is 28.0. The number of nitrogens with one attached hydrogen (secondary N) is 1. The highest BCUT2D eigenvalue weighted by atomic mass is 32.2. The Bertz CT molecular complexity index is 556. The third-order valence-electron chi connectivity index (χ3n) is 4.38. The Labute approximate surface area is 128 Å². The Kier molecular flexibility index (Phi) is 5.27. The van der Waals surface area contributed by atoms with Crippen LogP contribution in [0.2, 0.25) is 0 Å². The van der Waals surface area contributed by atoms with Crippen LogP contribution in [0.15, 0.2) is 23.1 Å². The number of aryl methyl sites for hydroxylation is 1. The van der Waals surface area contributed by atoms with Gasteiger partial charge in [-0.2, -0.15) is 0 Å². The molecule has 5 heteroatoms. The fourth-order valence-corrected chi connectivity index (χ4v) is 4.96. The summed E-state index contributed by atoms with van der Waals surface area (Å²) in [6.07, 6.45) is 6.55. The molecule has 1 aromatic rings. The molecule has 0 aromatic heterocycles. The lowest BCUT2D eigenvalue weighted by atomic mass is 9.84. The molecule has 1 fully saturated rings. The van der Waals surface area contributed by atoms with Crippen molar-refractivity contribution in [1.29, 1.82) is 0 Å². The normalized spacial score (nSPS) is 23.1. The zero-order chi connectivity index (χ0) is 15.5. The van der Waals surface area contributed by atoms with E-state index in [-0.39, 0.29) is 10.9 Å². The lowest BCUT2D eigenvalue weighted by molar-refractivity contribution is 0.297. The fourth-order valence-electron chi connectivity index (χ4n) is 3.30. The molecule has 0 saturated heterocycles. The number of sulfonamides is 1. The molecule has 0 aliphatic heterocycles. The van der Waals surface area contributed by atoms with Crippen LogP contribution in [-0.2, 0) is 10.0 Å². The van der Waals surface area contributed by atoms with E-state index in [2.05, 4.69) is 11.6 Å². The molecule has 0 radical (unpaired) electrons. The Morgan fingerprint density at radius 2 is 1.90 bits per heavy atom. The summed E-state index contributed by atoms with van der Waals surface area (Å²) in [5, 5.41) is 0. The molecule has 1 aliphatic rings. The van der Waals surface area contributed by atoms with Gasteiger partial charge in [0.05, 0.1) is 5.69 Å². The fraction of sp³-hybridized carbons (Fsp3) is 0.625. The average molecular weight is 310 g/mol. The van der Waals surface area contributed by atoms with Gasteiger partial charge in [-0.15, -0.1) is 0 Å². The van der Waals surface area contributed by atoms with Gasteiger partial charge in [-0.25, -0.2) is 13.1 Å². The molecule has 1 aliphatic carbocycles. The van der Waals surface area contributed by atoms with E-state index in [0.717, 1.165) is 31.6 Å². The molecule has 21 heavy (non-hydrogen) atoms. The topological polar surface area (TPSA) is 72.2 Å². The van der Waals surface area contributed by atoms with Crippen LogP contribution in [0.5, 0.6) is 0 Å². The lowest BCUT2D eigenvalue weighted by Crippen LogP contribution is -2.38. The lowest BCUT2D eigenvalue weighted by Gasteiger charge is -2.29. The first-order valence-corrected chi connectivity index (χ1v) is 9.29. The van der Waals surface area contributed by atoms with Gasteiger partial charge in [0.1, 0.15) is 4.90 Å². The van der Waals surface area contributed by atoms with Crippen LogP contribution in [0.1, 0.15) is 51.0 Å². The molecule has 0 heterocycles. The summed E-state index contributed by atoms with van der Waals surface area (Å²) in [7, 11) is -3.53. The minimum absolute atomic E-state index is 0.0436. The molecule has 1 saturated carbocycles. The molecular formula is C16H26N2O2S. The van der Waals surface area contributed by atoms with Gasteiger partial charge in [0.25, 0.3) is 0 Å². The second-order valence-corrected chi connectivity index (χ2v) is 7.77. The van der Waals surface area contributed by atoms with Gasteiger partial charge in [0.15, 0.2) is 0 Å². The van der Waals surface area contributed by atoms with Crippen molar-refractivity contribution in [2.75, 3.05) is 5.73 Å². The highest BCUT2D eigenvalue weighted by Crippen LogP contribution is 2.29. The monoisotopic (exact) mass is 310 g/mol. The van der Waals surface area contributed by atoms with E-state index in [1.807, 2.05) is 0 Å². The number of anilines is 1. The number of nitrogens with two attached hydrogens (primary N) is 1. The summed E-state index contributed by atoms with van der Waals surface area (Å²) in [6, 6.07) is 5.24. The van der Waals surface area contributed by atoms with Gasteiger partial charge in [0.2, 0.25) is 10.0 Å². The van der Waals surface area contributed by atoms with Crippen LogP contribution in [0.3, 0.4) is 0 Å². The first-order valence-electron chi connectivity index (χ1n) is 7.81. The zero-order valence-corrected chi connectivity index (χ0v) is 13.7. The van der Waals surface area contributed by atoms with Gasteiger partial charge < -0.3 is 5.73 Å². The van der Waals surface area contributed by atoms with Gasteiger partial charge in [-0.1, -0.05) is 31.9 Å². The van der Waals surface area contributed by atoms with Gasteiger partial charge >= 0.3 is 0 Å². The molecule has 2 rings (SSSR count). The summed E-state index contributed by atoms with van der Waals surface area (Å²) >= 11 is 0. The van der Waals surface area contributed by atoms with E-state index < -0.39 is 10.0 Å². The smallest absolute Gasteiger partial charge is 0.243 e. The Hall–Kier alpha value is -1.07. The summed E-state index contributed by atoms with van der Waals surface area (Å²) in [4.78, 5) is 0.237. The Morgan fingerprint density at radius 3 is 2.48 bits per heavy atom. The number of rotatable bonds is 5. The average Bonchev–Trinajstić information content (AvgIpc) is 2.40. The highest BCUT2D eigenvalue weighted by molar-refractivity contribution is 7.89. The van der Waals surface area contributed by atoms with Gasteiger partial charge in [-0.05, 0) is 50.2 Å². The summed E-state index contributed by atoms with van der Waals surface area (Å²) in [5.41, 5.74) is 6.87. The molecule has 0 unspecified atom stereocenters. The van der Waals surface area contributed by atoms with Crippen LogP contribution in [0.4, 0.5) is 5.69 Å². The van der Waals surface area contributed by atoms with Crippen molar-refractivity contribution in [2.24, 2.45) is 5.92 Å². The maximum Gasteiger partial charge on any atom is 0.243 e. The van der Waals surface area contributed by atoms with Crippen molar-refractivity contribution in [3.05, 3.63) is 23.8 Å². The maximum absolute atomic E-state index is 12.6. The van der Waals surface area contributed by atoms with Crippen molar-refractivity contribution in [3.63, 3.8) is 0 Å². The molecule has 118 valence electrons. The zero-order valence-electron chi connectivity index (χ0n) is 12.9. The van der Waals surface area contributed by atoms with Crippen molar-refractivity contribution >= 4 is 15.7 Å². The molecule has 0 amide bonds. The minimum atomic E-state index is -3.53. The van der Waals surface area contributed by atoms with Crippen molar-refractivity contribution < 1.29 is 8.42 Å². The SMILES string of the molecule is CCCC1CCC(NS(=O)(=O)c2c(C)cccc2N)CC1. The predicted molar refractivity (Wildman–Crippen MR) is 86.6 cm³/mol. The molecular weight excluding hydrogens is 284 g/mol. The molecule has 3 N–H and O–H groups in total. The second kappa shape index (κ2) is 6.79. The standard InChI is InChI=1S/C16H26N2O2S/c1-3-5-13-8-10-14(11-9-13)18-21(19,20)16-12(2)6-4-7-15(16)17/h4,6-7,13-14,18H,3,5,8-11,17H2,1-2H3. The molecule has 4 nitrogen and oxygen atoms in total. The largest absolute Gasteiger partial charge is 0.398 e. The molecule has 0 atom stereocenters. The van der Waals surface area contributed by atoms with Crippen molar-refractivity contribution in [3.8, 4) is 0 Å². The quantitative estimate of drug-likeness (QED) is 0.820. The van der Waals surface area contributed by atoms with Crippen LogP contribution in [0.25, 0.3) is 0 Å². The summed E-state index contributed by atoms with van der Waals surface area (Å²) in [6.45, 7) is 3.98. The first-order chi connectivity index (χ1) is 9.94. The number of nitrogen functional groups attached to an aromatic ring is 1. The minimum Gasteiger partial charge on any atom is -0.398 e. The molecule has 1 aromatic carbocycles. The second-order valence-electron chi connectivity index (χ2n) is 6.12. The number of benzene rings is 1. The maximum atomic E-state index is 12.6. The van der Waals surface area contributed by atoms with E-state index in [1.165, 1.54) is 12.8 Å². The van der Waals surface area contributed by atoms with E-state index in [0.29, 0.717) is 11.3 Å². The molecule has 0 spiro atoms. The highest BCUT2D eigenvalue weighted by Gasteiger charge is 2.27. The Balaban J connectivity index is 2.06. The van der Waals surface area contributed by atoms with E-state index >= 15 is 0 Å². The predicted octanol–water partition coefficient (Wildman–Crippen LogP) is 3.21. The van der Waals surface area contributed by atoms with Gasteiger partial charge in [0, 0.05) is 6.04 Å². The third kappa shape index (κ3) is 3.98. The number of hydrogen-bond donors (Lipinski definition) is 2. The van der Waals surface area contributed by atoms with Crippen LogP contribution in [-0.4, -0.2) is 14.5 Å². The van der Waals surface area contributed by atoms with E-state index in [4.69, 9.17) is 5.73 Å². The first kappa shape index (κ1) is 16.3. The Morgan fingerprint density at radius 1 is 1.24 bits per heavy atom. The summed E-state index contributed by atoms with van der Waals surface area (Å²) in [5.74, 6) is 0.763. The van der Waals surface area contributed by atoms with Gasteiger partial charge in [-0.3, -0.25) is 0 Å². The van der Waals surface area contributed by atoms with Crippen LogP contribution < -0.4 is 10.5 Å². The van der Waals surface area contributed by atoms with E-state index in [9.17, 15) is 8.42 Å². The van der Waals surface area contributed by atoms with Crippen LogP contribution in [0, 0.1) is 12.8 Å². The number of hydrogen-bond acceptors (Lipinski definition) is 3. The van der Waals surface area contributed by atoms with E-state index in [1.54, 1.807) is 25.1 Å². The van der Waals surface area contributed by atoms with Crippen molar-refractivity contribution in [2.45, 2.75) is 63.3 Å². The third-order valence-corrected chi connectivity index (χ3v) is 6.12.